The van der Waals surface area contributed by atoms with Gasteiger partial charge in [0.15, 0.2) is 0 Å². The fraction of sp³-hybridized carbons (Fsp3) is 0.143. The van der Waals surface area contributed by atoms with Crippen molar-refractivity contribution < 1.29 is 0 Å². The fourth-order valence-corrected chi connectivity index (χ4v) is 1.62. The summed E-state index contributed by atoms with van der Waals surface area (Å²) in [4.78, 5) is 0. The van der Waals surface area contributed by atoms with Crippen LogP contribution in [0.4, 0.5) is 5.69 Å². The van der Waals surface area contributed by atoms with Gasteiger partial charge in [-0.1, -0.05) is 42.5 Å². The van der Waals surface area contributed by atoms with Crippen LogP contribution in [0.3, 0.4) is 0 Å². The molecule has 0 saturated carbocycles. The SMILES string of the molecule is Cl.Nc1ccc(CCc2ccccc2)cc1. The highest BCUT2D eigenvalue weighted by molar-refractivity contribution is 5.85. The van der Waals surface area contributed by atoms with Crippen LogP contribution in [-0.4, -0.2) is 0 Å². The van der Waals surface area contributed by atoms with E-state index in [0.29, 0.717) is 0 Å². The van der Waals surface area contributed by atoms with Gasteiger partial charge < -0.3 is 5.73 Å². The molecule has 0 heterocycles. The van der Waals surface area contributed by atoms with Gasteiger partial charge in [0, 0.05) is 5.69 Å². The summed E-state index contributed by atoms with van der Waals surface area (Å²) in [5, 5.41) is 0. The van der Waals surface area contributed by atoms with Gasteiger partial charge >= 0.3 is 0 Å². The third kappa shape index (κ3) is 3.59. The number of hydrogen-bond donors (Lipinski definition) is 1. The first kappa shape index (κ1) is 12.6. The highest BCUT2D eigenvalue weighted by Crippen LogP contribution is 2.09. The second-order valence-electron chi connectivity index (χ2n) is 3.73. The van der Waals surface area contributed by atoms with Crippen molar-refractivity contribution in [3.8, 4) is 0 Å². The van der Waals surface area contributed by atoms with E-state index in [0.717, 1.165) is 18.5 Å². The van der Waals surface area contributed by atoms with Crippen molar-refractivity contribution in [2.24, 2.45) is 0 Å². The number of rotatable bonds is 3. The molecule has 16 heavy (non-hydrogen) atoms. The van der Waals surface area contributed by atoms with E-state index >= 15 is 0 Å². The summed E-state index contributed by atoms with van der Waals surface area (Å²) in [6.45, 7) is 0. The molecule has 2 aromatic rings. The first-order valence-corrected chi connectivity index (χ1v) is 5.23. The van der Waals surface area contributed by atoms with Crippen LogP contribution in [0.25, 0.3) is 0 Å². The second kappa shape index (κ2) is 6.19. The number of nitrogen functional groups attached to an aromatic ring is 1. The molecule has 0 aliphatic carbocycles. The maximum Gasteiger partial charge on any atom is 0.0314 e. The molecule has 0 amide bonds. The minimum absolute atomic E-state index is 0. The van der Waals surface area contributed by atoms with Crippen molar-refractivity contribution in [1.29, 1.82) is 0 Å². The van der Waals surface area contributed by atoms with E-state index in [9.17, 15) is 0 Å². The fourth-order valence-electron chi connectivity index (χ4n) is 1.62. The third-order valence-electron chi connectivity index (χ3n) is 2.52. The maximum absolute atomic E-state index is 5.63. The van der Waals surface area contributed by atoms with E-state index in [1.807, 2.05) is 18.2 Å². The molecule has 0 atom stereocenters. The Morgan fingerprint density at radius 1 is 0.688 bits per heavy atom. The van der Waals surface area contributed by atoms with Crippen LogP contribution in [0.15, 0.2) is 54.6 Å². The summed E-state index contributed by atoms with van der Waals surface area (Å²) in [5.41, 5.74) is 9.19. The first-order valence-electron chi connectivity index (χ1n) is 5.23. The average molecular weight is 234 g/mol. The Morgan fingerprint density at radius 3 is 1.75 bits per heavy atom. The van der Waals surface area contributed by atoms with Crippen molar-refractivity contribution >= 4 is 18.1 Å². The van der Waals surface area contributed by atoms with Gasteiger partial charge in [-0.15, -0.1) is 12.4 Å². The van der Waals surface area contributed by atoms with Crippen LogP contribution in [0.1, 0.15) is 11.1 Å². The van der Waals surface area contributed by atoms with Gasteiger partial charge in [0.2, 0.25) is 0 Å². The molecule has 0 saturated heterocycles. The summed E-state index contributed by atoms with van der Waals surface area (Å²) in [7, 11) is 0. The number of halogens is 1. The second-order valence-corrected chi connectivity index (χ2v) is 3.73. The molecule has 0 aromatic heterocycles. The van der Waals surface area contributed by atoms with Crippen molar-refractivity contribution in [1.82, 2.24) is 0 Å². The van der Waals surface area contributed by atoms with Gasteiger partial charge in [0.1, 0.15) is 0 Å². The largest absolute Gasteiger partial charge is 0.399 e. The highest BCUT2D eigenvalue weighted by Gasteiger charge is 1.94. The van der Waals surface area contributed by atoms with E-state index in [2.05, 4.69) is 36.4 Å². The van der Waals surface area contributed by atoms with Crippen LogP contribution in [0, 0.1) is 0 Å². The Balaban J connectivity index is 0.00000128. The summed E-state index contributed by atoms with van der Waals surface area (Å²) in [5.74, 6) is 0. The zero-order chi connectivity index (χ0) is 10.5. The van der Waals surface area contributed by atoms with E-state index < -0.39 is 0 Å². The number of aryl methyl sites for hydroxylation is 2. The molecule has 84 valence electrons. The third-order valence-corrected chi connectivity index (χ3v) is 2.52. The average Bonchev–Trinajstić information content (AvgIpc) is 2.30. The normalized spacial score (nSPS) is 9.50. The molecule has 1 nitrogen and oxygen atoms in total. The first-order chi connectivity index (χ1) is 7.34. The lowest BCUT2D eigenvalue weighted by Gasteiger charge is -2.02. The van der Waals surface area contributed by atoms with Crippen LogP contribution >= 0.6 is 12.4 Å². The van der Waals surface area contributed by atoms with Crippen LogP contribution < -0.4 is 5.73 Å². The van der Waals surface area contributed by atoms with Crippen molar-refractivity contribution in [2.45, 2.75) is 12.8 Å². The van der Waals surface area contributed by atoms with E-state index in [-0.39, 0.29) is 12.4 Å². The molecule has 2 rings (SSSR count). The van der Waals surface area contributed by atoms with Crippen LogP contribution in [0.2, 0.25) is 0 Å². The van der Waals surface area contributed by atoms with Gasteiger partial charge in [-0.2, -0.15) is 0 Å². The number of hydrogen-bond acceptors (Lipinski definition) is 1. The van der Waals surface area contributed by atoms with E-state index in [1.54, 1.807) is 0 Å². The Bertz CT molecular complexity index is 409. The monoisotopic (exact) mass is 233 g/mol. The molecular formula is C14H16ClN. The van der Waals surface area contributed by atoms with Gasteiger partial charge in [-0.05, 0) is 36.1 Å². The summed E-state index contributed by atoms with van der Waals surface area (Å²) < 4.78 is 0. The molecule has 2 N–H and O–H groups in total. The quantitative estimate of drug-likeness (QED) is 0.808. The van der Waals surface area contributed by atoms with E-state index in [4.69, 9.17) is 5.73 Å². The number of nitrogens with two attached hydrogens (primary N) is 1. The molecule has 2 aromatic carbocycles. The minimum atomic E-state index is 0. The molecular weight excluding hydrogens is 218 g/mol. The van der Waals surface area contributed by atoms with Gasteiger partial charge in [0.25, 0.3) is 0 Å². The lowest BCUT2D eigenvalue weighted by atomic mass is 10.0. The Morgan fingerprint density at radius 2 is 1.19 bits per heavy atom. The standard InChI is InChI=1S/C14H15N.ClH/c15-14-10-8-13(9-11-14)7-6-12-4-2-1-3-5-12;/h1-5,8-11H,6-7,15H2;1H. The Labute approximate surface area is 103 Å². The molecule has 0 aliphatic rings. The molecule has 0 spiro atoms. The zero-order valence-electron chi connectivity index (χ0n) is 9.10. The Kier molecular flexibility index (Phi) is 4.87. The molecule has 0 fully saturated rings. The Hall–Kier alpha value is -1.47. The topological polar surface area (TPSA) is 26.0 Å². The van der Waals surface area contributed by atoms with Crippen molar-refractivity contribution in [3.05, 3.63) is 65.7 Å². The van der Waals surface area contributed by atoms with Crippen molar-refractivity contribution in [2.75, 3.05) is 5.73 Å². The van der Waals surface area contributed by atoms with Crippen molar-refractivity contribution in [3.63, 3.8) is 0 Å². The molecule has 0 bridgehead atoms. The molecule has 2 heteroatoms. The zero-order valence-corrected chi connectivity index (χ0v) is 9.91. The molecule has 0 aliphatic heterocycles. The van der Waals surface area contributed by atoms with Gasteiger partial charge in [-0.3, -0.25) is 0 Å². The van der Waals surface area contributed by atoms with E-state index in [1.165, 1.54) is 11.1 Å². The van der Waals surface area contributed by atoms with Crippen LogP contribution in [0.5, 0.6) is 0 Å². The lowest BCUT2D eigenvalue weighted by molar-refractivity contribution is 0.961. The van der Waals surface area contributed by atoms with Gasteiger partial charge in [0.05, 0.1) is 0 Å². The summed E-state index contributed by atoms with van der Waals surface area (Å²) in [6.07, 6.45) is 2.16. The van der Waals surface area contributed by atoms with Crippen LogP contribution in [-0.2, 0) is 12.8 Å². The number of anilines is 1. The maximum atomic E-state index is 5.63. The smallest absolute Gasteiger partial charge is 0.0314 e. The number of benzene rings is 2. The molecule has 0 unspecified atom stereocenters. The lowest BCUT2D eigenvalue weighted by Crippen LogP contribution is -1.91. The highest BCUT2D eigenvalue weighted by atomic mass is 35.5. The minimum Gasteiger partial charge on any atom is -0.399 e. The van der Waals surface area contributed by atoms with Gasteiger partial charge in [-0.25, -0.2) is 0 Å². The summed E-state index contributed by atoms with van der Waals surface area (Å²) >= 11 is 0. The summed E-state index contributed by atoms with van der Waals surface area (Å²) in [6, 6.07) is 18.6. The predicted molar refractivity (Wildman–Crippen MR) is 72.0 cm³/mol. The predicted octanol–water partition coefficient (Wildman–Crippen LogP) is 3.48. The molecule has 0 radical (unpaired) electrons.